The zero-order valence-corrected chi connectivity index (χ0v) is 13.2. The highest BCUT2D eigenvalue weighted by Crippen LogP contribution is 2.30. The summed E-state index contributed by atoms with van der Waals surface area (Å²) in [6.45, 7) is 3.37. The zero-order valence-electron chi connectivity index (χ0n) is 11.6. The van der Waals surface area contributed by atoms with Crippen molar-refractivity contribution < 1.29 is 4.74 Å². The van der Waals surface area contributed by atoms with Gasteiger partial charge in [0.15, 0.2) is 0 Å². The summed E-state index contributed by atoms with van der Waals surface area (Å²) in [4.78, 5) is 0. The highest BCUT2D eigenvalue weighted by molar-refractivity contribution is 9.10. The Morgan fingerprint density at radius 1 is 1.45 bits per heavy atom. The molecule has 1 unspecified atom stereocenters. The highest BCUT2D eigenvalue weighted by atomic mass is 79.9. The van der Waals surface area contributed by atoms with E-state index in [1.807, 2.05) is 16.8 Å². The molecule has 0 radical (unpaired) electrons. The zero-order chi connectivity index (χ0) is 14.5. The standard InChI is InChI=1S/C14H19BrN4O/c1-10-4-3-5-11(13(10)15)14(18-16)12-6-7-17-19(12)8-9-20-2/h3-7,14,18H,8-9,16H2,1-2H3. The van der Waals surface area contributed by atoms with Crippen molar-refractivity contribution in [1.82, 2.24) is 15.2 Å². The number of nitrogens with two attached hydrogens (primary N) is 1. The first-order chi connectivity index (χ1) is 9.69. The number of aryl methyl sites for hydroxylation is 1. The van der Waals surface area contributed by atoms with E-state index in [0.29, 0.717) is 13.2 Å². The monoisotopic (exact) mass is 338 g/mol. The van der Waals surface area contributed by atoms with Crippen LogP contribution in [0.25, 0.3) is 0 Å². The van der Waals surface area contributed by atoms with Crippen LogP contribution in [0.1, 0.15) is 22.9 Å². The summed E-state index contributed by atoms with van der Waals surface area (Å²) in [6.07, 6.45) is 1.78. The number of hydrogen-bond acceptors (Lipinski definition) is 4. The molecule has 108 valence electrons. The molecule has 0 saturated carbocycles. The third-order valence-electron chi connectivity index (χ3n) is 3.25. The van der Waals surface area contributed by atoms with E-state index in [1.165, 1.54) is 5.56 Å². The topological polar surface area (TPSA) is 65.1 Å². The predicted octanol–water partition coefficient (Wildman–Crippen LogP) is 2.15. The van der Waals surface area contributed by atoms with Gasteiger partial charge in [-0.3, -0.25) is 10.5 Å². The summed E-state index contributed by atoms with van der Waals surface area (Å²) in [7, 11) is 1.68. The van der Waals surface area contributed by atoms with Gasteiger partial charge in [-0.25, -0.2) is 5.43 Å². The van der Waals surface area contributed by atoms with E-state index in [1.54, 1.807) is 13.3 Å². The summed E-state index contributed by atoms with van der Waals surface area (Å²) in [5.41, 5.74) is 6.15. The van der Waals surface area contributed by atoms with Crippen molar-refractivity contribution in [2.45, 2.75) is 19.5 Å². The van der Waals surface area contributed by atoms with Crippen LogP contribution in [0, 0.1) is 6.92 Å². The second-order valence-corrected chi connectivity index (χ2v) is 5.34. The SMILES string of the molecule is COCCn1nccc1C(NN)c1cccc(C)c1Br. The van der Waals surface area contributed by atoms with Crippen LogP contribution in [0.15, 0.2) is 34.9 Å². The van der Waals surface area contributed by atoms with Crippen molar-refractivity contribution in [1.29, 1.82) is 0 Å². The fourth-order valence-electron chi connectivity index (χ4n) is 2.18. The van der Waals surface area contributed by atoms with Crippen LogP contribution in [0.4, 0.5) is 0 Å². The molecule has 0 bridgehead atoms. The van der Waals surface area contributed by atoms with Crippen LogP contribution in [-0.4, -0.2) is 23.5 Å². The van der Waals surface area contributed by atoms with Crippen molar-refractivity contribution in [3.8, 4) is 0 Å². The lowest BCUT2D eigenvalue weighted by molar-refractivity contribution is 0.182. The van der Waals surface area contributed by atoms with Crippen molar-refractivity contribution in [3.05, 3.63) is 51.8 Å². The molecule has 3 N–H and O–H groups in total. The summed E-state index contributed by atoms with van der Waals surface area (Å²) in [5, 5.41) is 4.33. The van der Waals surface area contributed by atoms with Crippen molar-refractivity contribution in [2.75, 3.05) is 13.7 Å². The Hall–Kier alpha value is -1.21. The summed E-state index contributed by atoms with van der Waals surface area (Å²) in [6, 6.07) is 7.98. The van der Waals surface area contributed by atoms with E-state index in [4.69, 9.17) is 10.6 Å². The van der Waals surface area contributed by atoms with Crippen molar-refractivity contribution in [3.63, 3.8) is 0 Å². The number of hydrazine groups is 1. The van der Waals surface area contributed by atoms with Crippen molar-refractivity contribution in [2.24, 2.45) is 5.84 Å². The quantitative estimate of drug-likeness (QED) is 0.625. The molecule has 20 heavy (non-hydrogen) atoms. The molecule has 0 fully saturated rings. The van der Waals surface area contributed by atoms with Gasteiger partial charge in [0.05, 0.1) is 24.9 Å². The lowest BCUT2D eigenvalue weighted by Crippen LogP contribution is -2.31. The number of rotatable bonds is 6. The molecule has 0 amide bonds. The number of hydrogen-bond donors (Lipinski definition) is 2. The Bertz CT molecular complexity index is 570. The molecular weight excluding hydrogens is 320 g/mol. The lowest BCUT2D eigenvalue weighted by atomic mass is 10.0. The summed E-state index contributed by atoms with van der Waals surface area (Å²) >= 11 is 3.63. The van der Waals surface area contributed by atoms with E-state index in [2.05, 4.69) is 45.5 Å². The first-order valence-electron chi connectivity index (χ1n) is 6.40. The van der Waals surface area contributed by atoms with Crippen LogP contribution < -0.4 is 11.3 Å². The van der Waals surface area contributed by atoms with E-state index < -0.39 is 0 Å². The molecule has 1 aromatic carbocycles. The smallest absolute Gasteiger partial charge is 0.0889 e. The van der Waals surface area contributed by atoms with E-state index in [-0.39, 0.29) is 6.04 Å². The number of benzene rings is 1. The van der Waals surface area contributed by atoms with Crippen LogP contribution in [0.5, 0.6) is 0 Å². The lowest BCUT2D eigenvalue weighted by Gasteiger charge is -2.20. The molecule has 1 aromatic heterocycles. The van der Waals surface area contributed by atoms with Crippen LogP contribution in [0.3, 0.4) is 0 Å². The first kappa shape index (κ1) is 15.2. The Labute approximate surface area is 127 Å². The Kier molecular flexibility index (Phi) is 5.31. The second kappa shape index (κ2) is 6.99. The molecular formula is C14H19BrN4O. The predicted molar refractivity (Wildman–Crippen MR) is 82.1 cm³/mol. The minimum atomic E-state index is -0.122. The molecule has 1 atom stereocenters. The van der Waals surface area contributed by atoms with E-state index >= 15 is 0 Å². The van der Waals surface area contributed by atoms with E-state index in [0.717, 1.165) is 15.7 Å². The van der Waals surface area contributed by atoms with Crippen molar-refractivity contribution >= 4 is 15.9 Å². The Morgan fingerprint density at radius 2 is 2.25 bits per heavy atom. The maximum Gasteiger partial charge on any atom is 0.0889 e. The van der Waals surface area contributed by atoms with Gasteiger partial charge in [-0.1, -0.05) is 34.1 Å². The van der Waals surface area contributed by atoms with Crippen LogP contribution in [0.2, 0.25) is 0 Å². The molecule has 0 aliphatic carbocycles. The molecule has 0 saturated heterocycles. The maximum atomic E-state index is 5.77. The van der Waals surface area contributed by atoms with Gasteiger partial charge in [0.1, 0.15) is 0 Å². The van der Waals surface area contributed by atoms with Gasteiger partial charge in [0, 0.05) is 17.8 Å². The molecule has 0 spiro atoms. The molecule has 2 rings (SSSR count). The third-order valence-corrected chi connectivity index (χ3v) is 4.33. The molecule has 2 aromatic rings. The van der Waals surface area contributed by atoms with Crippen LogP contribution >= 0.6 is 15.9 Å². The fraction of sp³-hybridized carbons (Fsp3) is 0.357. The molecule has 5 nitrogen and oxygen atoms in total. The fourth-order valence-corrected chi connectivity index (χ4v) is 2.67. The number of ether oxygens (including phenoxy) is 1. The number of halogens is 1. The number of methoxy groups -OCH3 is 1. The van der Waals surface area contributed by atoms with Gasteiger partial charge in [-0.2, -0.15) is 5.10 Å². The maximum absolute atomic E-state index is 5.77. The third kappa shape index (κ3) is 3.09. The van der Waals surface area contributed by atoms with Gasteiger partial charge in [-0.05, 0) is 24.1 Å². The Balaban J connectivity index is 2.37. The minimum absolute atomic E-state index is 0.122. The normalized spacial score (nSPS) is 12.6. The molecule has 0 aliphatic rings. The average molecular weight is 339 g/mol. The molecule has 6 heteroatoms. The summed E-state index contributed by atoms with van der Waals surface area (Å²) in [5.74, 6) is 5.77. The molecule has 1 heterocycles. The highest BCUT2D eigenvalue weighted by Gasteiger charge is 2.19. The minimum Gasteiger partial charge on any atom is -0.383 e. The first-order valence-corrected chi connectivity index (χ1v) is 7.20. The second-order valence-electron chi connectivity index (χ2n) is 4.55. The van der Waals surface area contributed by atoms with Gasteiger partial charge >= 0.3 is 0 Å². The van der Waals surface area contributed by atoms with Gasteiger partial charge < -0.3 is 4.74 Å². The number of nitrogens with one attached hydrogen (secondary N) is 1. The Morgan fingerprint density at radius 3 is 2.95 bits per heavy atom. The van der Waals surface area contributed by atoms with Gasteiger partial charge in [-0.15, -0.1) is 0 Å². The number of aromatic nitrogens is 2. The van der Waals surface area contributed by atoms with Crippen LogP contribution in [-0.2, 0) is 11.3 Å². The summed E-state index contributed by atoms with van der Waals surface area (Å²) < 4.78 is 8.07. The largest absolute Gasteiger partial charge is 0.383 e. The van der Waals surface area contributed by atoms with E-state index in [9.17, 15) is 0 Å². The average Bonchev–Trinajstić information content (AvgIpc) is 2.90. The number of nitrogens with zero attached hydrogens (tertiary/aromatic N) is 2. The van der Waals surface area contributed by atoms with Gasteiger partial charge in [0.2, 0.25) is 0 Å². The molecule has 0 aliphatic heterocycles. The van der Waals surface area contributed by atoms with Gasteiger partial charge in [0.25, 0.3) is 0 Å².